The van der Waals surface area contributed by atoms with Crippen molar-refractivity contribution in [2.45, 2.75) is 32.4 Å². The summed E-state index contributed by atoms with van der Waals surface area (Å²) in [6.07, 6.45) is 1.03. The molecule has 1 aromatic carbocycles. The molecule has 3 heteroatoms. The van der Waals surface area contributed by atoms with Crippen LogP contribution in [0.2, 0.25) is 0 Å². The maximum Gasteiger partial charge on any atom is 0.0403 e. The Bertz CT molecular complexity index is 310. The van der Waals surface area contributed by atoms with Crippen LogP contribution in [0.15, 0.2) is 28.7 Å². The first-order valence-electron chi connectivity index (χ1n) is 5.15. The Morgan fingerprint density at radius 1 is 1.40 bits per heavy atom. The highest BCUT2D eigenvalue weighted by molar-refractivity contribution is 9.10. The highest BCUT2D eigenvalue weighted by Crippen LogP contribution is 2.18. The molecule has 0 saturated carbocycles. The average Bonchev–Trinajstić information content (AvgIpc) is 2.28. The van der Waals surface area contributed by atoms with Crippen molar-refractivity contribution >= 4 is 27.5 Å². The van der Waals surface area contributed by atoms with Crippen LogP contribution in [0.1, 0.15) is 25.8 Å². The lowest BCUT2D eigenvalue weighted by Gasteiger charge is -2.27. The fourth-order valence-corrected chi connectivity index (χ4v) is 1.93. The topological polar surface area (TPSA) is 12.0 Å². The second-order valence-corrected chi connectivity index (χ2v) is 5.11. The zero-order chi connectivity index (χ0) is 11.3. The van der Waals surface area contributed by atoms with Gasteiger partial charge in [0, 0.05) is 22.4 Å². The van der Waals surface area contributed by atoms with Crippen LogP contribution < -0.4 is 5.32 Å². The zero-order valence-electron chi connectivity index (χ0n) is 9.19. The van der Waals surface area contributed by atoms with Crippen molar-refractivity contribution in [1.82, 2.24) is 5.32 Å². The summed E-state index contributed by atoms with van der Waals surface area (Å²) in [6, 6.07) is 8.24. The third-order valence-electron chi connectivity index (χ3n) is 2.74. The molecular formula is C12H17BrClN. The summed E-state index contributed by atoms with van der Waals surface area (Å²) < 4.78 is 1.14. The first-order valence-corrected chi connectivity index (χ1v) is 6.48. The first kappa shape index (κ1) is 13.0. The molecule has 0 heterocycles. The number of hydrogen-bond acceptors (Lipinski definition) is 1. The molecular weight excluding hydrogens is 273 g/mol. The maximum atomic E-state index is 5.94. The van der Waals surface area contributed by atoms with Crippen LogP contribution in [-0.2, 0) is 6.54 Å². The molecule has 0 fully saturated rings. The van der Waals surface area contributed by atoms with Crippen molar-refractivity contribution in [2.24, 2.45) is 0 Å². The summed E-state index contributed by atoms with van der Waals surface area (Å²) in [5.41, 5.74) is 1.29. The fraction of sp³-hybridized carbons (Fsp3) is 0.500. The van der Waals surface area contributed by atoms with Crippen LogP contribution in [0.3, 0.4) is 0 Å². The Hall–Kier alpha value is -0.0500. The summed E-state index contributed by atoms with van der Waals surface area (Å²) >= 11 is 9.48. The van der Waals surface area contributed by atoms with Gasteiger partial charge in [0.05, 0.1) is 0 Å². The molecule has 1 aromatic rings. The van der Waals surface area contributed by atoms with Gasteiger partial charge in [-0.15, -0.1) is 11.6 Å². The van der Waals surface area contributed by atoms with Gasteiger partial charge in [0.15, 0.2) is 0 Å². The van der Waals surface area contributed by atoms with E-state index in [-0.39, 0.29) is 5.54 Å². The van der Waals surface area contributed by atoms with Crippen molar-refractivity contribution in [3.63, 3.8) is 0 Å². The predicted octanol–water partition coefficient (Wildman–Crippen LogP) is 3.95. The predicted molar refractivity (Wildman–Crippen MR) is 70.4 cm³/mol. The Morgan fingerprint density at radius 2 is 2.07 bits per heavy atom. The summed E-state index contributed by atoms with van der Waals surface area (Å²) in [4.78, 5) is 0. The van der Waals surface area contributed by atoms with E-state index in [0.29, 0.717) is 5.88 Å². The molecule has 1 nitrogen and oxygen atoms in total. The van der Waals surface area contributed by atoms with Crippen molar-refractivity contribution < 1.29 is 0 Å². The highest BCUT2D eigenvalue weighted by Gasteiger charge is 2.19. The Morgan fingerprint density at radius 3 is 2.60 bits per heavy atom. The number of alkyl halides is 1. The van der Waals surface area contributed by atoms with Crippen LogP contribution in [0.4, 0.5) is 0 Å². The van der Waals surface area contributed by atoms with Gasteiger partial charge in [-0.25, -0.2) is 0 Å². The summed E-state index contributed by atoms with van der Waals surface area (Å²) in [5, 5.41) is 3.49. The average molecular weight is 291 g/mol. The molecule has 0 aliphatic carbocycles. The lowest BCUT2D eigenvalue weighted by Crippen LogP contribution is -2.43. The number of nitrogens with one attached hydrogen (secondary N) is 1. The molecule has 1 rings (SSSR count). The van der Waals surface area contributed by atoms with Gasteiger partial charge in [0.1, 0.15) is 0 Å². The minimum Gasteiger partial charge on any atom is -0.306 e. The number of rotatable bonds is 5. The van der Waals surface area contributed by atoms with Crippen molar-refractivity contribution in [1.29, 1.82) is 0 Å². The second kappa shape index (κ2) is 5.88. The van der Waals surface area contributed by atoms with Crippen LogP contribution in [0.25, 0.3) is 0 Å². The van der Waals surface area contributed by atoms with E-state index in [1.165, 1.54) is 5.56 Å². The smallest absolute Gasteiger partial charge is 0.0403 e. The molecule has 0 bridgehead atoms. The molecule has 1 atom stereocenters. The van der Waals surface area contributed by atoms with Gasteiger partial charge in [0.25, 0.3) is 0 Å². The van der Waals surface area contributed by atoms with Gasteiger partial charge in [-0.3, -0.25) is 0 Å². The van der Waals surface area contributed by atoms with Crippen LogP contribution in [0.5, 0.6) is 0 Å². The quantitative estimate of drug-likeness (QED) is 0.810. The molecule has 0 spiro atoms. The molecule has 0 aliphatic rings. The van der Waals surface area contributed by atoms with Crippen molar-refractivity contribution in [3.8, 4) is 0 Å². The number of benzene rings is 1. The second-order valence-electron chi connectivity index (χ2n) is 3.99. The standard InChI is InChI=1S/C12H17BrClN/c1-3-12(2,9-14)15-8-10-6-4-5-7-11(10)13/h4-7,15H,3,8-9H2,1-2H3. The van der Waals surface area contributed by atoms with Gasteiger partial charge in [0.2, 0.25) is 0 Å². The number of hydrogen-bond donors (Lipinski definition) is 1. The summed E-state index contributed by atoms with van der Waals surface area (Å²) in [5.74, 6) is 0.633. The van der Waals surface area contributed by atoms with E-state index in [1.807, 2.05) is 12.1 Å². The van der Waals surface area contributed by atoms with E-state index in [2.05, 4.69) is 47.2 Å². The minimum atomic E-state index is 0.0246. The SMILES string of the molecule is CCC(C)(CCl)NCc1ccccc1Br. The van der Waals surface area contributed by atoms with Gasteiger partial charge in [-0.1, -0.05) is 41.1 Å². The summed E-state index contributed by atoms with van der Waals surface area (Å²) in [6.45, 7) is 5.14. The van der Waals surface area contributed by atoms with E-state index >= 15 is 0 Å². The van der Waals surface area contributed by atoms with Crippen LogP contribution in [-0.4, -0.2) is 11.4 Å². The molecule has 0 amide bonds. The molecule has 0 aromatic heterocycles. The van der Waals surface area contributed by atoms with Crippen LogP contribution >= 0.6 is 27.5 Å². The molecule has 0 aliphatic heterocycles. The monoisotopic (exact) mass is 289 g/mol. The largest absolute Gasteiger partial charge is 0.306 e. The third kappa shape index (κ3) is 3.78. The molecule has 0 radical (unpaired) electrons. The Balaban J connectivity index is 2.61. The van der Waals surface area contributed by atoms with E-state index < -0.39 is 0 Å². The maximum absolute atomic E-state index is 5.94. The van der Waals surface area contributed by atoms with Gasteiger partial charge < -0.3 is 5.32 Å². The van der Waals surface area contributed by atoms with E-state index in [9.17, 15) is 0 Å². The highest BCUT2D eigenvalue weighted by atomic mass is 79.9. The lowest BCUT2D eigenvalue weighted by molar-refractivity contribution is 0.379. The minimum absolute atomic E-state index is 0.0246. The first-order chi connectivity index (χ1) is 7.11. The van der Waals surface area contributed by atoms with Crippen LogP contribution in [0, 0.1) is 0 Å². The normalized spacial score (nSPS) is 14.9. The van der Waals surface area contributed by atoms with Crippen molar-refractivity contribution in [3.05, 3.63) is 34.3 Å². The summed E-state index contributed by atoms with van der Waals surface area (Å²) in [7, 11) is 0. The van der Waals surface area contributed by atoms with E-state index in [1.54, 1.807) is 0 Å². The third-order valence-corrected chi connectivity index (χ3v) is 4.10. The zero-order valence-corrected chi connectivity index (χ0v) is 11.5. The fourth-order valence-electron chi connectivity index (χ4n) is 1.22. The van der Waals surface area contributed by atoms with Gasteiger partial charge >= 0.3 is 0 Å². The Kier molecular flexibility index (Phi) is 5.10. The van der Waals surface area contributed by atoms with E-state index in [4.69, 9.17) is 11.6 Å². The molecule has 0 saturated heterocycles. The molecule has 1 unspecified atom stereocenters. The molecule has 84 valence electrons. The molecule has 15 heavy (non-hydrogen) atoms. The van der Waals surface area contributed by atoms with Gasteiger partial charge in [-0.05, 0) is 25.0 Å². The number of halogens is 2. The Labute approximate surface area is 105 Å². The van der Waals surface area contributed by atoms with E-state index in [0.717, 1.165) is 17.4 Å². The lowest BCUT2D eigenvalue weighted by atomic mass is 10.0. The van der Waals surface area contributed by atoms with Crippen molar-refractivity contribution in [2.75, 3.05) is 5.88 Å². The molecule has 1 N–H and O–H groups in total. The van der Waals surface area contributed by atoms with Gasteiger partial charge in [-0.2, -0.15) is 0 Å².